The molecular weight excluding hydrogens is 380 g/mol. The van der Waals surface area contributed by atoms with Crippen LogP contribution in [0.4, 0.5) is 5.69 Å². The molecule has 0 aliphatic carbocycles. The van der Waals surface area contributed by atoms with Crippen LogP contribution in [0.2, 0.25) is 0 Å². The standard InChI is InChI=1S/C23H28N4O3/c1-4-6-16(7-5-2)25-10-11-26-21-18(25)12-15(3)24-22(21)27(23(26)28)17-8-9-19-20(13-17)30-14-29-19/h8-9,12-13,16H,4-7,10-11,14H2,1-3H3. The van der Waals surface area contributed by atoms with E-state index in [0.29, 0.717) is 29.7 Å². The zero-order valence-electron chi connectivity index (χ0n) is 17.9. The molecule has 0 bridgehead atoms. The van der Waals surface area contributed by atoms with Crippen LogP contribution in [0.25, 0.3) is 16.9 Å². The Kier molecular flexibility index (Phi) is 4.68. The fourth-order valence-corrected chi connectivity index (χ4v) is 4.87. The van der Waals surface area contributed by atoms with E-state index in [1.165, 1.54) is 0 Å². The fourth-order valence-electron chi connectivity index (χ4n) is 4.87. The first-order valence-corrected chi connectivity index (χ1v) is 10.9. The summed E-state index contributed by atoms with van der Waals surface area (Å²) >= 11 is 0. The third-order valence-electron chi connectivity index (χ3n) is 6.16. The van der Waals surface area contributed by atoms with Gasteiger partial charge >= 0.3 is 5.69 Å². The molecule has 0 spiro atoms. The molecule has 3 aromatic rings. The molecule has 1 aromatic carbocycles. The lowest BCUT2D eigenvalue weighted by atomic mass is 10.0. The SMILES string of the molecule is CCCC(CCC)N1CCn2c(=O)n(-c3ccc4c(c3)OCO4)c3nc(C)cc1c32. The molecule has 30 heavy (non-hydrogen) atoms. The first kappa shape index (κ1) is 19.0. The predicted octanol–water partition coefficient (Wildman–Crippen LogP) is 4.01. The largest absolute Gasteiger partial charge is 0.454 e. The van der Waals surface area contributed by atoms with Crippen LogP contribution in [0, 0.1) is 6.92 Å². The Morgan fingerprint density at radius 3 is 2.60 bits per heavy atom. The number of aromatic nitrogens is 3. The van der Waals surface area contributed by atoms with Crippen LogP contribution in [0.5, 0.6) is 11.5 Å². The van der Waals surface area contributed by atoms with E-state index in [9.17, 15) is 4.79 Å². The van der Waals surface area contributed by atoms with Gasteiger partial charge in [-0.25, -0.2) is 14.3 Å². The maximum atomic E-state index is 13.4. The number of hydrogen-bond donors (Lipinski definition) is 0. The van der Waals surface area contributed by atoms with Crippen molar-refractivity contribution in [2.45, 2.75) is 59.0 Å². The van der Waals surface area contributed by atoms with Gasteiger partial charge in [-0.05, 0) is 38.0 Å². The Labute approximate surface area is 175 Å². The highest BCUT2D eigenvalue weighted by Gasteiger charge is 2.30. The number of ether oxygens (including phenoxy) is 2. The van der Waals surface area contributed by atoms with E-state index >= 15 is 0 Å². The zero-order chi connectivity index (χ0) is 20.8. The van der Waals surface area contributed by atoms with Gasteiger partial charge in [0.25, 0.3) is 0 Å². The maximum absolute atomic E-state index is 13.4. The minimum atomic E-state index is -0.0506. The van der Waals surface area contributed by atoms with Crippen molar-refractivity contribution in [2.24, 2.45) is 0 Å². The summed E-state index contributed by atoms with van der Waals surface area (Å²) in [5.74, 6) is 1.37. The van der Waals surface area contributed by atoms with Gasteiger partial charge in [0.2, 0.25) is 6.79 Å². The predicted molar refractivity (Wildman–Crippen MR) is 117 cm³/mol. The van der Waals surface area contributed by atoms with Gasteiger partial charge in [0.1, 0.15) is 5.52 Å². The molecule has 0 amide bonds. The third kappa shape index (κ3) is 2.87. The number of pyridine rings is 1. The normalized spacial score (nSPS) is 14.9. The summed E-state index contributed by atoms with van der Waals surface area (Å²) in [6.07, 6.45) is 4.62. The molecule has 0 saturated carbocycles. The lowest BCUT2D eigenvalue weighted by molar-refractivity contribution is 0.174. The van der Waals surface area contributed by atoms with Crippen LogP contribution in [-0.2, 0) is 6.54 Å². The van der Waals surface area contributed by atoms with E-state index in [0.717, 1.165) is 54.8 Å². The van der Waals surface area contributed by atoms with Gasteiger partial charge in [0, 0.05) is 30.9 Å². The second-order valence-corrected chi connectivity index (χ2v) is 8.19. The van der Waals surface area contributed by atoms with Gasteiger partial charge in [-0.2, -0.15) is 0 Å². The monoisotopic (exact) mass is 408 g/mol. The van der Waals surface area contributed by atoms with Crippen molar-refractivity contribution in [1.29, 1.82) is 0 Å². The van der Waals surface area contributed by atoms with Crippen LogP contribution >= 0.6 is 0 Å². The van der Waals surface area contributed by atoms with Gasteiger partial charge in [-0.1, -0.05) is 26.7 Å². The lowest BCUT2D eigenvalue weighted by Gasteiger charge is -2.37. The van der Waals surface area contributed by atoms with Gasteiger partial charge in [0.15, 0.2) is 17.1 Å². The molecule has 0 unspecified atom stereocenters. The summed E-state index contributed by atoms with van der Waals surface area (Å²) in [7, 11) is 0. The van der Waals surface area contributed by atoms with Crippen molar-refractivity contribution in [3.63, 3.8) is 0 Å². The number of benzene rings is 1. The zero-order valence-corrected chi connectivity index (χ0v) is 17.9. The highest BCUT2D eigenvalue weighted by molar-refractivity contribution is 5.89. The first-order chi connectivity index (χ1) is 14.6. The van der Waals surface area contributed by atoms with E-state index < -0.39 is 0 Å². The number of nitrogens with zero attached hydrogens (tertiary/aromatic N) is 4. The summed E-state index contributed by atoms with van der Waals surface area (Å²) in [4.78, 5) is 20.7. The number of hydrogen-bond acceptors (Lipinski definition) is 5. The van der Waals surface area contributed by atoms with E-state index in [1.54, 1.807) is 4.57 Å². The lowest BCUT2D eigenvalue weighted by Crippen LogP contribution is -2.42. The van der Waals surface area contributed by atoms with Crippen molar-refractivity contribution >= 4 is 16.9 Å². The van der Waals surface area contributed by atoms with Crippen LogP contribution in [0.1, 0.15) is 45.2 Å². The molecule has 0 radical (unpaired) electrons. The van der Waals surface area contributed by atoms with Gasteiger partial charge < -0.3 is 14.4 Å². The highest BCUT2D eigenvalue weighted by atomic mass is 16.7. The van der Waals surface area contributed by atoms with Crippen LogP contribution in [0.3, 0.4) is 0 Å². The molecule has 0 N–H and O–H groups in total. The number of fused-ring (bicyclic) bond motifs is 1. The summed E-state index contributed by atoms with van der Waals surface area (Å²) in [5.41, 5.74) is 4.40. The van der Waals surface area contributed by atoms with Crippen molar-refractivity contribution in [3.8, 4) is 17.2 Å². The molecule has 2 aliphatic heterocycles. The number of aryl methyl sites for hydroxylation is 1. The molecule has 7 heteroatoms. The smallest absolute Gasteiger partial charge is 0.335 e. The maximum Gasteiger partial charge on any atom is 0.335 e. The minimum Gasteiger partial charge on any atom is -0.454 e. The fraction of sp³-hybridized carbons (Fsp3) is 0.478. The number of rotatable bonds is 6. The summed E-state index contributed by atoms with van der Waals surface area (Å²) in [5, 5.41) is 0. The molecule has 158 valence electrons. The van der Waals surface area contributed by atoms with Gasteiger partial charge in [0.05, 0.1) is 11.4 Å². The second-order valence-electron chi connectivity index (χ2n) is 8.19. The summed E-state index contributed by atoms with van der Waals surface area (Å²) in [6.45, 7) is 8.22. The van der Waals surface area contributed by atoms with Crippen molar-refractivity contribution < 1.29 is 9.47 Å². The second kappa shape index (κ2) is 7.38. The van der Waals surface area contributed by atoms with Crippen molar-refractivity contribution in [2.75, 3.05) is 18.2 Å². The Morgan fingerprint density at radius 2 is 1.83 bits per heavy atom. The molecule has 4 heterocycles. The Balaban J connectivity index is 1.71. The molecule has 0 fully saturated rings. The van der Waals surface area contributed by atoms with Gasteiger partial charge in [-0.3, -0.25) is 4.57 Å². The Morgan fingerprint density at radius 1 is 1.07 bits per heavy atom. The minimum absolute atomic E-state index is 0.0506. The Bertz CT molecular complexity index is 1160. The topological polar surface area (TPSA) is 61.5 Å². The van der Waals surface area contributed by atoms with Crippen molar-refractivity contribution in [3.05, 3.63) is 40.4 Å². The van der Waals surface area contributed by atoms with E-state index in [-0.39, 0.29) is 12.5 Å². The summed E-state index contributed by atoms with van der Waals surface area (Å²) < 4.78 is 14.6. The van der Waals surface area contributed by atoms with Crippen LogP contribution in [0.15, 0.2) is 29.1 Å². The van der Waals surface area contributed by atoms with E-state index in [2.05, 4.69) is 24.8 Å². The highest BCUT2D eigenvalue weighted by Crippen LogP contribution is 2.36. The molecule has 5 rings (SSSR count). The first-order valence-electron chi connectivity index (χ1n) is 10.9. The summed E-state index contributed by atoms with van der Waals surface area (Å²) in [6, 6.07) is 8.25. The number of anilines is 1. The Hall–Kier alpha value is -2.96. The van der Waals surface area contributed by atoms with E-state index in [4.69, 9.17) is 14.5 Å². The van der Waals surface area contributed by atoms with Crippen molar-refractivity contribution in [1.82, 2.24) is 14.1 Å². The van der Waals surface area contributed by atoms with Crippen LogP contribution in [-0.4, -0.2) is 33.5 Å². The molecule has 0 saturated heterocycles. The van der Waals surface area contributed by atoms with E-state index in [1.807, 2.05) is 29.7 Å². The molecule has 2 aromatic heterocycles. The molecule has 2 aliphatic rings. The molecule has 0 atom stereocenters. The molecule has 7 nitrogen and oxygen atoms in total. The quantitative estimate of drug-likeness (QED) is 0.617. The molecular formula is C23H28N4O3. The number of imidazole rings is 1. The third-order valence-corrected chi connectivity index (χ3v) is 6.16. The van der Waals surface area contributed by atoms with Crippen LogP contribution < -0.4 is 20.1 Å². The van der Waals surface area contributed by atoms with Gasteiger partial charge in [-0.15, -0.1) is 0 Å². The average molecular weight is 409 g/mol. The average Bonchev–Trinajstić information content (AvgIpc) is 3.31.